The lowest BCUT2D eigenvalue weighted by Gasteiger charge is -2.13. The number of aliphatic hydroxyl groups excluding tert-OH is 1. The van der Waals surface area contributed by atoms with Crippen molar-refractivity contribution in [2.45, 2.75) is 31.9 Å². The molecule has 5 heteroatoms. The topological polar surface area (TPSA) is 59.4 Å². The standard InChI is InChI=1S/C22H23NO3S/c1-14-5-4-6-20-15(2)11-21(23-22(14)20)27-13-18(25)12-26-19-9-7-17(8-10-19)16(3)24/h4-11,18,25H,12-13H2,1-3H3/t18-/m0/s1. The number of para-hydroxylation sites is 1. The maximum absolute atomic E-state index is 11.3. The molecule has 0 bridgehead atoms. The number of ketones is 1. The van der Waals surface area contributed by atoms with Crippen molar-refractivity contribution in [3.05, 3.63) is 65.2 Å². The van der Waals surface area contributed by atoms with Crippen molar-refractivity contribution in [2.24, 2.45) is 0 Å². The average Bonchev–Trinajstić information content (AvgIpc) is 2.66. The molecule has 27 heavy (non-hydrogen) atoms. The van der Waals surface area contributed by atoms with E-state index in [1.54, 1.807) is 24.3 Å². The third kappa shape index (κ3) is 4.87. The number of aliphatic hydroxyl groups is 1. The number of fused-ring (bicyclic) bond motifs is 1. The summed E-state index contributed by atoms with van der Waals surface area (Å²) in [4.78, 5) is 16.0. The molecule has 1 heterocycles. The molecule has 0 aliphatic heterocycles. The van der Waals surface area contributed by atoms with Crippen LogP contribution in [0, 0.1) is 13.8 Å². The number of pyridine rings is 1. The van der Waals surface area contributed by atoms with Crippen LogP contribution in [-0.4, -0.2) is 34.3 Å². The Labute approximate surface area is 163 Å². The summed E-state index contributed by atoms with van der Waals surface area (Å²) in [6.07, 6.45) is -0.614. The van der Waals surface area contributed by atoms with E-state index in [2.05, 4.69) is 32.0 Å². The van der Waals surface area contributed by atoms with E-state index in [1.807, 2.05) is 6.07 Å². The molecule has 0 aliphatic carbocycles. The number of aromatic nitrogens is 1. The molecule has 0 spiro atoms. The van der Waals surface area contributed by atoms with Gasteiger partial charge in [-0.3, -0.25) is 4.79 Å². The number of carbonyl (C=O) groups excluding carboxylic acids is 1. The van der Waals surface area contributed by atoms with E-state index in [4.69, 9.17) is 9.72 Å². The van der Waals surface area contributed by atoms with Crippen LogP contribution in [0.15, 0.2) is 53.6 Å². The Balaban J connectivity index is 1.57. The molecule has 1 atom stereocenters. The minimum Gasteiger partial charge on any atom is -0.491 e. The summed E-state index contributed by atoms with van der Waals surface area (Å²) in [5, 5.41) is 12.3. The lowest BCUT2D eigenvalue weighted by molar-refractivity contribution is 0.101. The number of hydrogen-bond acceptors (Lipinski definition) is 5. The molecule has 3 aromatic rings. The van der Waals surface area contributed by atoms with E-state index < -0.39 is 6.10 Å². The second kappa shape index (κ2) is 8.55. The molecule has 0 amide bonds. The zero-order valence-electron chi connectivity index (χ0n) is 15.7. The molecule has 3 rings (SSSR count). The fourth-order valence-corrected chi connectivity index (χ4v) is 3.69. The van der Waals surface area contributed by atoms with Crippen molar-refractivity contribution in [2.75, 3.05) is 12.4 Å². The highest BCUT2D eigenvalue weighted by molar-refractivity contribution is 7.99. The third-order valence-corrected chi connectivity index (χ3v) is 5.41. The predicted molar refractivity (Wildman–Crippen MR) is 110 cm³/mol. The highest BCUT2D eigenvalue weighted by Gasteiger charge is 2.10. The van der Waals surface area contributed by atoms with Gasteiger partial charge in [0.25, 0.3) is 0 Å². The summed E-state index contributed by atoms with van der Waals surface area (Å²) in [5.41, 5.74) is 3.99. The zero-order valence-corrected chi connectivity index (χ0v) is 16.5. The molecular weight excluding hydrogens is 358 g/mol. The Kier molecular flexibility index (Phi) is 6.14. The van der Waals surface area contributed by atoms with E-state index in [0.29, 0.717) is 17.1 Å². The fraction of sp³-hybridized carbons (Fsp3) is 0.273. The van der Waals surface area contributed by atoms with Crippen molar-refractivity contribution < 1.29 is 14.6 Å². The summed E-state index contributed by atoms with van der Waals surface area (Å²) in [6.45, 7) is 5.86. The van der Waals surface area contributed by atoms with Crippen LogP contribution in [0.1, 0.15) is 28.4 Å². The maximum atomic E-state index is 11.3. The number of benzene rings is 2. The van der Waals surface area contributed by atoms with Crippen LogP contribution in [-0.2, 0) is 0 Å². The summed E-state index contributed by atoms with van der Waals surface area (Å²) in [5.74, 6) is 1.15. The first-order valence-corrected chi connectivity index (χ1v) is 9.84. The van der Waals surface area contributed by atoms with Gasteiger partial charge in [0.15, 0.2) is 5.78 Å². The van der Waals surface area contributed by atoms with E-state index in [-0.39, 0.29) is 12.4 Å². The molecular formula is C22H23NO3S. The summed E-state index contributed by atoms with van der Waals surface area (Å²) in [6, 6.07) is 15.2. The molecule has 0 radical (unpaired) electrons. The SMILES string of the molecule is CC(=O)c1ccc(OC[C@H](O)CSc2cc(C)c3cccc(C)c3n2)cc1. The molecule has 1 N–H and O–H groups in total. The molecule has 2 aromatic carbocycles. The van der Waals surface area contributed by atoms with Gasteiger partial charge in [-0.15, -0.1) is 11.8 Å². The Morgan fingerprint density at radius 1 is 1.15 bits per heavy atom. The van der Waals surface area contributed by atoms with Gasteiger partial charge in [0, 0.05) is 16.7 Å². The molecule has 0 saturated carbocycles. The van der Waals surface area contributed by atoms with Crippen LogP contribution in [0.3, 0.4) is 0 Å². The molecule has 0 aliphatic rings. The van der Waals surface area contributed by atoms with Gasteiger partial charge in [-0.05, 0) is 62.2 Å². The van der Waals surface area contributed by atoms with Gasteiger partial charge < -0.3 is 9.84 Å². The van der Waals surface area contributed by atoms with Gasteiger partial charge in [-0.25, -0.2) is 4.98 Å². The molecule has 0 unspecified atom stereocenters. The Hall–Kier alpha value is -2.37. The summed E-state index contributed by atoms with van der Waals surface area (Å²) >= 11 is 1.52. The van der Waals surface area contributed by atoms with Crippen LogP contribution in [0.2, 0.25) is 0 Å². The summed E-state index contributed by atoms with van der Waals surface area (Å²) in [7, 11) is 0. The molecule has 0 fully saturated rings. The second-order valence-corrected chi connectivity index (χ2v) is 7.65. The lowest BCUT2D eigenvalue weighted by atomic mass is 10.1. The smallest absolute Gasteiger partial charge is 0.159 e. The van der Waals surface area contributed by atoms with Crippen LogP contribution in [0.4, 0.5) is 0 Å². The minimum atomic E-state index is -0.614. The van der Waals surface area contributed by atoms with Gasteiger partial charge in [0.2, 0.25) is 0 Å². The number of aryl methyl sites for hydroxylation is 2. The number of Topliss-reactive ketones (excluding diaryl/α,β-unsaturated/α-hetero) is 1. The Morgan fingerprint density at radius 2 is 1.89 bits per heavy atom. The van der Waals surface area contributed by atoms with Gasteiger partial charge in [0.1, 0.15) is 12.4 Å². The first-order valence-electron chi connectivity index (χ1n) is 8.85. The van der Waals surface area contributed by atoms with E-state index >= 15 is 0 Å². The Bertz CT molecular complexity index is 954. The first-order chi connectivity index (χ1) is 12.9. The highest BCUT2D eigenvalue weighted by atomic mass is 32.2. The molecule has 1 aromatic heterocycles. The van der Waals surface area contributed by atoms with Crippen molar-refractivity contribution in [1.29, 1.82) is 0 Å². The van der Waals surface area contributed by atoms with Gasteiger partial charge in [0.05, 0.1) is 16.6 Å². The molecule has 140 valence electrons. The normalized spacial score (nSPS) is 12.1. The number of rotatable bonds is 7. The van der Waals surface area contributed by atoms with E-state index in [0.717, 1.165) is 21.5 Å². The van der Waals surface area contributed by atoms with Gasteiger partial charge in [-0.2, -0.15) is 0 Å². The Morgan fingerprint density at radius 3 is 2.59 bits per heavy atom. The van der Waals surface area contributed by atoms with Gasteiger partial charge >= 0.3 is 0 Å². The predicted octanol–water partition coefficient (Wildman–Crippen LogP) is 4.59. The minimum absolute atomic E-state index is 0.0198. The second-order valence-electron chi connectivity index (χ2n) is 6.60. The molecule has 4 nitrogen and oxygen atoms in total. The van der Waals surface area contributed by atoms with Crippen molar-refractivity contribution >= 4 is 28.4 Å². The largest absolute Gasteiger partial charge is 0.491 e. The van der Waals surface area contributed by atoms with Gasteiger partial charge in [-0.1, -0.05) is 18.2 Å². The van der Waals surface area contributed by atoms with Crippen LogP contribution in [0.5, 0.6) is 5.75 Å². The van der Waals surface area contributed by atoms with E-state index in [1.165, 1.54) is 24.2 Å². The fourth-order valence-electron chi connectivity index (χ4n) is 2.81. The monoisotopic (exact) mass is 381 g/mol. The number of thioether (sulfide) groups is 1. The molecule has 0 saturated heterocycles. The van der Waals surface area contributed by atoms with Crippen molar-refractivity contribution in [1.82, 2.24) is 4.98 Å². The lowest BCUT2D eigenvalue weighted by Crippen LogP contribution is -2.20. The zero-order chi connectivity index (χ0) is 19.4. The maximum Gasteiger partial charge on any atom is 0.159 e. The van der Waals surface area contributed by atoms with Crippen LogP contribution in [0.25, 0.3) is 10.9 Å². The quantitative estimate of drug-likeness (QED) is 0.479. The van der Waals surface area contributed by atoms with Crippen molar-refractivity contribution in [3.63, 3.8) is 0 Å². The van der Waals surface area contributed by atoms with Crippen LogP contribution >= 0.6 is 11.8 Å². The highest BCUT2D eigenvalue weighted by Crippen LogP contribution is 2.26. The number of ether oxygens (including phenoxy) is 1. The van der Waals surface area contributed by atoms with Crippen LogP contribution < -0.4 is 4.74 Å². The number of hydrogen-bond donors (Lipinski definition) is 1. The number of carbonyl (C=O) groups is 1. The summed E-state index contributed by atoms with van der Waals surface area (Å²) < 4.78 is 5.61. The third-order valence-electron chi connectivity index (χ3n) is 4.35. The first kappa shape index (κ1) is 19.4. The number of nitrogens with zero attached hydrogens (tertiary/aromatic N) is 1. The van der Waals surface area contributed by atoms with Crippen molar-refractivity contribution in [3.8, 4) is 5.75 Å². The van der Waals surface area contributed by atoms with E-state index in [9.17, 15) is 9.90 Å². The average molecular weight is 381 g/mol.